The smallest absolute Gasteiger partial charge is 0.379 e. The molecular formula is C7H16O3Si. The monoisotopic (exact) mass is 176 g/mol. The average molecular weight is 176 g/mol. The SMILES string of the molecule is C=CCC(C)O[SiH](OC)OC. The van der Waals surface area contributed by atoms with Crippen molar-refractivity contribution in [3.8, 4) is 0 Å². The van der Waals surface area contributed by atoms with Crippen LogP contribution in [0.3, 0.4) is 0 Å². The average Bonchev–Trinajstić information content (AvgIpc) is 2.01. The lowest BCUT2D eigenvalue weighted by atomic mass is 10.3. The van der Waals surface area contributed by atoms with E-state index in [1.54, 1.807) is 14.2 Å². The highest BCUT2D eigenvalue weighted by molar-refractivity contribution is 6.36. The number of hydrogen-bond donors (Lipinski definition) is 0. The van der Waals surface area contributed by atoms with Crippen LogP contribution in [0.1, 0.15) is 13.3 Å². The summed E-state index contributed by atoms with van der Waals surface area (Å²) in [6.45, 7) is 5.59. The van der Waals surface area contributed by atoms with Crippen LogP contribution in [0.2, 0.25) is 0 Å². The molecule has 0 aromatic rings. The zero-order valence-corrected chi connectivity index (χ0v) is 8.53. The summed E-state index contributed by atoms with van der Waals surface area (Å²) in [6.07, 6.45) is 2.79. The first-order valence-electron chi connectivity index (χ1n) is 3.56. The van der Waals surface area contributed by atoms with Crippen LogP contribution in [0.15, 0.2) is 12.7 Å². The molecule has 1 atom stereocenters. The summed E-state index contributed by atoms with van der Waals surface area (Å²) in [7, 11) is 1.37. The van der Waals surface area contributed by atoms with Crippen LogP contribution < -0.4 is 0 Å². The lowest BCUT2D eigenvalue weighted by Crippen LogP contribution is -2.28. The van der Waals surface area contributed by atoms with Gasteiger partial charge in [-0.25, -0.2) is 0 Å². The van der Waals surface area contributed by atoms with E-state index in [0.717, 1.165) is 6.42 Å². The Balaban J connectivity index is 3.52. The van der Waals surface area contributed by atoms with Crippen molar-refractivity contribution in [3.05, 3.63) is 12.7 Å². The summed E-state index contributed by atoms with van der Waals surface area (Å²) in [5, 5.41) is 0. The van der Waals surface area contributed by atoms with Gasteiger partial charge in [-0.2, -0.15) is 0 Å². The molecule has 0 saturated carbocycles. The number of rotatable bonds is 6. The summed E-state index contributed by atoms with van der Waals surface area (Å²) in [5.41, 5.74) is 0. The van der Waals surface area contributed by atoms with Gasteiger partial charge >= 0.3 is 9.53 Å². The zero-order chi connectivity index (χ0) is 8.69. The quantitative estimate of drug-likeness (QED) is 0.446. The first-order chi connectivity index (χ1) is 5.24. The van der Waals surface area contributed by atoms with Gasteiger partial charge < -0.3 is 13.3 Å². The van der Waals surface area contributed by atoms with Gasteiger partial charge in [-0.05, 0) is 13.3 Å². The molecule has 4 heteroatoms. The van der Waals surface area contributed by atoms with Crippen molar-refractivity contribution in [3.63, 3.8) is 0 Å². The minimum atomic E-state index is -1.83. The highest BCUT2D eigenvalue weighted by atomic mass is 28.3. The third-order valence-corrected chi connectivity index (χ3v) is 2.68. The molecule has 0 heterocycles. The lowest BCUT2D eigenvalue weighted by molar-refractivity contribution is 0.0964. The molecular weight excluding hydrogens is 160 g/mol. The molecule has 0 rings (SSSR count). The number of hydrogen-bond acceptors (Lipinski definition) is 3. The minimum Gasteiger partial charge on any atom is -0.379 e. The van der Waals surface area contributed by atoms with Crippen LogP contribution in [0.4, 0.5) is 0 Å². The second-order valence-electron chi connectivity index (χ2n) is 2.23. The van der Waals surface area contributed by atoms with Crippen molar-refractivity contribution in [2.75, 3.05) is 14.2 Å². The molecule has 11 heavy (non-hydrogen) atoms. The van der Waals surface area contributed by atoms with E-state index in [9.17, 15) is 0 Å². The fourth-order valence-corrected chi connectivity index (χ4v) is 1.59. The van der Waals surface area contributed by atoms with Crippen molar-refractivity contribution in [1.82, 2.24) is 0 Å². The fourth-order valence-electron chi connectivity index (χ4n) is 0.687. The van der Waals surface area contributed by atoms with Crippen molar-refractivity contribution in [2.45, 2.75) is 19.4 Å². The lowest BCUT2D eigenvalue weighted by Gasteiger charge is -2.16. The van der Waals surface area contributed by atoms with E-state index in [2.05, 4.69) is 6.58 Å². The predicted molar refractivity (Wildman–Crippen MR) is 46.5 cm³/mol. The van der Waals surface area contributed by atoms with Gasteiger partial charge in [-0.1, -0.05) is 6.08 Å². The summed E-state index contributed by atoms with van der Waals surface area (Å²) in [6, 6.07) is 0. The highest BCUT2D eigenvalue weighted by Crippen LogP contribution is 2.00. The van der Waals surface area contributed by atoms with Gasteiger partial charge in [0.2, 0.25) is 0 Å². The highest BCUT2D eigenvalue weighted by Gasteiger charge is 2.13. The van der Waals surface area contributed by atoms with E-state index >= 15 is 0 Å². The van der Waals surface area contributed by atoms with Gasteiger partial charge in [-0.3, -0.25) is 0 Å². The molecule has 0 amide bonds. The molecule has 0 saturated heterocycles. The van der Waals surface area contributed by atoms with E-state index in [1.807, 2.05) is 13.0 Å². The second kappa shape index (κ2) is 6.54. The summed E-state index contributed by atoms with van der Waals surface area (Å²) < 4.78 is 15.4. The van der Waals surface area contributed by atoms with Crippen LogP contribution >= 0.6 is 0 Å². The maximum absolute atomic E-state index is 5.41. The van der Waals surface area contributed by atoms with E-state index in [-0.39, 0.29) is 6.10 Å². The van der Waals surface area contributed by atoms with Crippen LogP contribution in [0.25, 0.3) is 0 Å². The fraction of sp³-hybridized carbons (Fsp3) is 0.714. The molecule has 0 aliphatic carbocycles. The van der Waals surface area contributed by atoms with E-state index in [0.29, 0.717) is 0 Å². The molecule has 0 aliphatic heterocycles. The molecule has 0 spiro atoms. The van der Waals surface area contributed by atoms with Crippen molar-refractivity contribution >= 4 is 9.53 Å². The Bertz CT molecular complexity index is 104. The van der Waals surface area contributed by atoms with Crippen molar-refractivity contribution in [1.29, 1.82) is 0 Å². The van der Waals surface area contributed by atoms with Gasteiger partial charge in [0.1, 0.15) is 0 Å². The first kappa shape index (κ1) is 10.8. The second-order valence-corrected chi connectivity index (χ2v) is 4.02. The Hall–Kier alpha value is -0.163. The molecule has 1 unspecified atom stereocenters. The van der Waals surface area contributed by atoms with Crippen LogP contribution in [-0.4, -0.2) is 29.9 Å². The normalized spacial score (nSPS) is 13.5. The van der Waals surface area contributed by atoms with Gasteiger partial charge in [0.05, 0.1) is 0 Å². The Morgan fingerprint density at radius 2 is 2.00 bits per heavy atom. The third-order valence-electron chi connectivity index (χ3n) is 1.23. The minimum absolute atomic E-state index is 0.143. The molecule has 0 aromatic heterocycles. The van der Waals surface area contributed by atoms with Crippen LogP contribution in [0.5, 0.6) is 0 Å². The molecule has 0 radical (unpaired) electrons. The molecule has 66 valence electrons. The molecule has 0 aromatic carbocycles. The van der Waals surface area contributed by atoms with Crippen LogP contribution in [-0.2, 0) is 13.3 Å². The van der Waals surface area contributed by atoms with Gasteiger partial charge in [0.15, 0.2) is 0 Å². The Labute approximate surface area is 69.9 Å². The maximum atomic E-state index is 5.41. The van der Waals surface area contributed by atoms with Crippen molar-refractivity contribution in [2.24, 2.45) is 0 Å². The van der Waals surface area contributed by atoms with Gasteiger partial charge in [0, 0.05) is 20.3 Å². The maximum Gasteiger partial charge on any atom is 0.483 e. The van der Waals surface area contributed by atoms with E-state index in [1.165, 1.54) is 0 Å². The van der Waals surface area contributed by atoms with E-state index in [4.69, 9.17) is 13.3 Å². The Kier molecular flexibility index (Phi) is 6.44. The molecule has 0 fully saturated rings. The summed E-state index contributed by atoms with van der Waals surface area (Å²) in [4.78, 5) is 0. The van der Waals surface area contributed by atoms with Crippen LogP contribution in [0, 0.1) is 0 Å². The first-order valence-corrected chi connectivity index (χ1v) is 4.98. The summed E-state index contributed by atoms with van der Waals surface area (Å²) in [5.74, 6) is 0. The molecule has 0 bridgehead atoms. The zero-order valence-electron chi connectivity index (χ0n) is 7.37. The van der Waals surface area contributed by atoms with Gasteiger partial charge in [0.25, 0.3) is 0 Å². The molecule has 0 N–H and O–H groups in total. The predicted octanol–water partition coefficient (Wildman–Crippen LogP) is 0.978. The Morgan fingerprint density at radius 3 is 2.36 bits per heavy atom. The molecule has 3 nitrogen and oxygen atoms in total. The van der Waals surface area contributed by atoms with E-state index < -0.39 is 9.53 Å². The largest absolute Gasteiger partial charge is 0.483 e. The standard InChI is InChI=1S/C7H16O3Si/c1-5-6-7(2)10-11(8-3)9-4/h5,7,11H,1,6H2,2-4H3. The third kappa shape index (κ3) is 5.14. The topological polar surface area (TPSA) is 27.7 Å². The summed E-state index contributed by atoms with van der Waals surface area (Å²) >= 11 is 0. The Morgan fingerprint density at radius 1 is 1.45 bits per heavy atom. The van der Waals surface area contributed by atoms with Gasteiger partial charge in [-0.15, -0.1) is 6.58 Å². The van der Waals surface area contributed by atoms with Crippen molar-refractivity contribution < 1.29 is 13.3 Å². The molecule has 0 aliphatic rings.